The highest BCUT2D eigenvalue weighted by Gasteiger charge is 2.12. The molecule has 0 spiro atoms. The van der Waals surface area contributed by atoms with Crippen LogP contribution in [0.5, 0.6) is 5.75 Å². The summed E-state index contributed by atoms with van der Waals surface area (Å²) in [7, 11) is 4.12. The molecule has 0 saturated carbocycles. The summed E-state index contributed by atoms with van der Waals surface area (Å²) in [4.78, 5) is 2.15. The Kier molecular flexibility index (Phi) is 5.17. The Bertz CT molecular complexity index is 352. The molecule has 3 nitrogen and oxygen atoms in total. The summed E-state index contributed by atoms with van der Waals surface area (Å²) in [6.45, 7) is 7.14. The highest BCUT2D eigenvalue weighted by molar-refractivity contribution is 5.29. The largest absolute Gasteiger partial charge is 0.488 e. The van der Waals surface area contributed by atoms with Crippen molar-refractivity contribution in [3.63, 3.8) is 0 Å². The first kappa shape index (κ1) is 15.0. The molecule has 0 aliphatic heterocycles. The van der Waals surface area contributed by atoms with E-state index in [2.05, 4.69) is 31.1 Å². The van der Waals surface area contributed by atoms with Crippen molar-refractivity contribution in [2.24, 2.45) is 5.73 Å². The lowest BCUT2D eigenvalue weighted by Crippen LogP contribution is -2.23. The smallest absolute Gasteiger partial charge is 0.120 e. The van der Waals surface area contributed by atoms with E-state index in [9.17, 15) is 0 Å². The van der Waals surface area contributed by atoms with E-state index < -0.39 is 0 Å². The molecule has 0 aromatic heterocycles. The monoisotopic (exact) mass is 250 g/mol. The molecule has 0 amide bonds. The molecular weight excluding hydrogens is 224 g/mol. The molecule has 1 unspecified atom stereocenters. The van der Waals surface area contributed by atoms with E-state index in [1.54, 1.807) is 0 Å². The fourth-order valence-corrected chi connectivity index (χ4v) is 1.70. The lowest BCUT2D eigenvalue weighted by Gasteiger charge is -2.22. The lowest BCUT2D eigenvalue weighted by molar-refractivity contribution is 0.131. The van der Waals surface area contributed by atoms with Crippen molar-refractivity contribution in [1.82, 2.24) is 4.90 Å². The summed E-state index contributed by atoms with van der Waals surface area (Å²) in [6.07, 6.45) is 0.965. The fraction of sp³-hybridized carbons (Fsp3) is 0.600. The minimum atomic E-state index is -0.158. The highest BCUT2D eigenvalue weighted by atomic mass is 16.5. The van der Waals surface area contributed by atoms with Crippen LogP contribution in [-0.2, 0) is 0 Å². The second-order valence-electron chi connectivity index (χ2n) is 5.98. The Morgan fingerprint density at radius 2 is 1.72 bits per heavy atom. The standard InChI is InChI=1S/C15H26N2O/c1-15(2,3)18-13-8-6-12(7-9-13)14(16)10-11-17(4)5/h6-9,14H,10-11,16H2,1-5H3. The maximum Gasteiger partial charge on any atom is 0.120 e. The number of benzene rings is 1. The molecule has 1 aromatic rings. The van der Waals surface area contributed by atoms with Crippen molar-refractivity contribution in [2.45, 2.75) is 38.8 Å². The van der Waals surface area contributed by atoms with Gasteiger partial charge >= 0.3 is 0 Å². The third-order valence-electron chi connectivity index (χ3n) is 2.62. The molecule has 0 bridgehead atoms. The summed E-state index contributed by atoms with van der Waals surface area (Å²) in [6, 6.07) is 8.20. The van der Waals surface area contributed by atoms with Crippen LogP contribution in [0.3, 0.4) is 0 Å². The van der Waals surface area contributed by atoms with Gasteiger partial charge in [-0.05, 0) is 65.5 Å². The normalized spacial score (nSPS) is 13.7. The van der Waals surface area contributed by atoms with Gasteiger partial charge in [0.1, 0.15) is 11.4 Å². The van der Waals surface area contributed by atoms with Crippen LogP contribution >= 0.6 is 0 Å². The van der Waals surface area contributed by atoms with E-state index >= 15 is 0 Å². The van der Waals surface area contributed by atoms with Crippen molar-refractivity contribution in [2.75, 3.05) is 20.6 Å². The number of hydrogen-bond acceptors (Lipinski definition) is 3. The van der Waals surface area contributed by atoms with E-state index in [-0.39, 0.29) is 11.6 Å². The fourth-order valence-electron chi connectivity index (χ4n) is 1.70. The summed E-state index contributed by atoms with van der Waals surface area (Å²) >= 11 is 0. The van der Waals surface area contributed by atoms with Crippen molar-refractivity contribution in [3.05, 3.63) is 29.8 Å². The first-order valence-corrected chi connectivity index (χ1v) is 6.47. The molecule has 0 fully saturated rings. The van der Waals surface area contributed by atoms with Crippen LogP contribution in [0, 0.1) is 0 Å². The van der Waals surface area contributed by atoms with Gasteiger partial charge in [0.05, 0.1) is 0 Å². The van der Waals surface area contributed by atoms with Crippen molar-refractivity contribution in [1.29, 1.82) is 0 Å². The van der Waals surface area contributed by atoms with Gasteiger partial charge in [0.2, 0.25) is 0 Å². The van der Waals surface area contributed by atoms with Crippen LogP contribution in [0.1, 0.15) is 38.8 Å². The zero-order chi connectivity index (χ0) is 13.8. The second-order valence-corrected chi connectivity index (χ2v) is 5.98. The van der Waals surface area contributed by atoms with Crippen molar-refractivity contribution >= 4 is 0 Å². The van der Waals surface area contributed by atoms with Gasteiger partial charge in [-0.15, -0.1) is 0 Å². The number of nitrogens with zero attached hydrogens (tertiary/aromatic N) is 1. The van der Waals surface area contributed by atoms with Crippen LogP contribution in [-0.4, -0.2) is 31.1 Å². The second kappa shape index (κ2) is 6.21. The molecule has 1 rings (SSSR count). The average molecular weight is 250 g/mol. The van der Waals surface area contributed by atoms with Crippen LogP contribution in [0.2, 0.25) is 0 Å². The predicted molar refractivity (Wildman–Crippen MR) is 76.9 cm³/mol. The van der Waals surface area contributed by atoms with E-state index in [0.717, 1.165) is 24.3 Å². The quantitative estimate of drug-likeness (QED) is 0.873. The minimum absolute atomic E-state index is 0.0936. The van der Waals surface area contributed by atoms with Gasteiger partial charge in [0, 0.05) is 6.04 Å². The first-order valence-electron chi connectivity index (χ1n) is 6.47. The van der Waals surface area contributed by atoms with E-state index in [1.165, 1.54) is 0 Å². The Balaban J connectivity index is 2.59. The van der Waals surface area contributed by atoms with E-state index in [4.69, 9.17) is 10.5 Å². The van der Waals surface area contributed by atoms with Crippen LogP contribution in [0.4, 0.5) is 0 Å². The average Bonchev–Trinajstić information content (AvgIpc) is 2.24. The first-order chi connectivity index (χ1) is 8.28. The topological polar surface area (TPSA) is 38.5 Å². The summed E-state index contributed by atoms with van der Waals surface area (Å²) in [5.41, 5.74) is 7.16. The minimum Gasteiger partial charge on any atom is -0.488 e. The molecule has 18 heavy (non-hydrogen) atoms. The molecule has 1 atom stereocenters. The van der Waals surface area contributed by atoms with E-state index in [1.807, 2.05) is 32.9 Å². The zero-order valence-corrected chi connectivity index (χ0v) is 12.2. The van der Waals surface area contributed by atoms with Gasteiger partial charge in [0.25, 0.3) is 0 Å². The summed E-state index contributed by atoms with van der Waals surface area (Å²) in [5.74, 6) is 0.894. The summed E-state index contributed by atoms with van der Waals surface area (Å²) in [5, 5.41) is 0. The Labute approximate surface area is 111 Å². The van der Waals surface area contributed by atoms with E-state index in [0.29, 0.717) is 0 Å². The molecule has 0 aliphatic rings. The Morgan fingerprint density at radius 1 is 1.17 bits per heavy atom. The predicted octanol–water partition coefficient (Wildman–Crippen LogP) is 2.82. The van der Waals surface area contributed by atoms with Gasteiger partial charge in [0.15, 0.2) is 0 Å². The van der Waals surface area contributed by atoms with Crippen LogP contribution in [0.25, 0.3) is 0 Å². The molecular formula is C15H26N2O. The lowest BCUT2D eigenvalue weighted by atomic mass is 10.0. The molecule has 1 aromatic carbocycles. The van der Waals surface area contributed by atoms with Gasteiger partial charge in [-0.3, -0.25) is 0 Å². The van der Waals surface area contributed by atoms with Gasteiger partial charge in [-0.25, -0.2) is 0 Å². The van der Waals surface area contributed by atoms with Gasteiger partial charge in [-0.1, -0.05) is 12.1 Å². The summed E-state index contributed by atoms with van der Waals surface area (Å²) < 4.78 is 5.79. The molecule has 0 radical (unpaired) electrons. The maximum absolute atomic E-state index is 6.15. The third-order valence-corrected chi connectivity index (χ3v) is 2.62. The van der Waals surface area contributed by atoms with Crippen LogP contribution in [0.15, 0.2) is 24.3 Å². The van der Waals surface area contributed by atoms with Gasteiger partial charge < -0.3 is 15.4 Å². The molecule has 0 saturated heterocycles. The molecule has 3 heteroatoms. The number of ether oxygens (including phenoxy) is 1. The molecule has 2 N–H and O–H groups in total. The molecule has 0 aliphatic carbocycles. The van der Waals surface area contributed by atoms with Crippen molar-refractivity contribution < 1.29 is 4.74 Å². The number of hydrogen-bond donors (Lipinski definition) is 1. The number of nitrogens with two attached hydrogens (primary N) is 1. The highest BCUT2D eigenvalue weighted by Crippen LogP contribution is 2.21. The molecule has 102 valence electrons. The Morgan fingerprint density at radius 3 is 2.17 bits per heavy atom. The number of rotatable bonds is 5. The third kappa shape index (κ3) is 5.52. The van der Waals surface area contributed by atoms with Gasteiger partial charge in [-0.2, -0.15) is 0 Å². The maximum atomic E-state index is 6.15. The van der Waals surface area contributed by atoms with Crippen LogP contribution < -0.4 is 10.5 Å². The SMILES string of the molecule is CN(C)CCC(N)c1ccc(OC(C)(C)C)cc1. The van der Waals surface area contributed by atoms with Crippen molar-refractivity contribution in [3.8, 4) is 5.75 Å². The molecule has 0 heterocycles. The Hall–Kier alpha value is -1.06. The zero-order valence-electron chi connectivity index (χ0n) is 12.2.